The van der Waals surface area contributed by atoms with E-state index in [9.17, 15) is 0 Å². The van der Waals surface area contributed by atoms with Crippen molar-refractivity contribution < 1.29 is 0 Å². The van der Waals surface area contributed by atoms with Gasteiger partial charge < -0.3 is 0 Å². The van der Waals surface area contributed by atoms with Crippen LogP contribution in [0.25, 0.3) is 0 Å². The predicted molar refractivity (Wildman–Crippen MR) is 52.7 cm³/mol. The minimum atomic E-state index is 1.05. The molecule has 0 aromatic rings. The van der Waals surface area contributed by atoms with Gasteiger partial charge in [0.2, 0.25) is 0 Å². The molecule has 1 heteroatoms. The molecule has 0 N–H and O–H groups in total. The lowest BCUT2D eigenvalue weighted by atomic mass is 9.86. The summed E-state index contributed by atoms with van der Waals surface area (Å²) in [5.74, 6) is 2.11. The van der Waals surface area contributed by atoms with Crippen molar-refractivity contribution in [2.45, 2.75) is 50.8 Å². The van der Waals surface area contributed by atoms with Crippen molar-refractivity contribution in [1.82, 2.24) is 0 Å². The van der Waals surface area contributed by atoms with Gasteiger partial charge in [0.25, 0.3) is 0 Å². The van der Waals surface area contributed by atoms with Crippen molar-refractivity contribution in [3.63, 3.8) is 0 Å². The van der Waals surface area contributed by atoms with Gasteiger partial charge in [-0.05, 0) is 48.8 Å². The van der Waals surface area contributed by atoms with Gasteiger partial charge in [-0.2, -0.15) is 0 Å². The zero-order valence-corrected chi connectivity index (χ0v) is 8.64. The first-order valence-electron chi connectivity index (χ1n) is 5.03. The topological polar surface area (TPSA) is 0 Å². The van der Waals surface area contributed by atoms with Crippen LogP contribution in [-0.4, -0.2) is 11.3 Å². The smallest absolute Gasteiger partial charge is 0.0208 e. The molecule has 2 aliphatic heterocycles. The molecule has 0 aromatic carbocycles. The van der Waals surface area contributed by atoms with Crippen LogP contribution >= 0.6 is 8.58 Å². The number of hydrogen-bond donors (Lipinski definition) is 0. The first-order valence-corrected chi connectivity index (χ1v) is 6.19. The van der Waals surface area contributed by atoms with Gasteiger partial charge in [-0.1, -0.05) is 13.8 Å². The van der Waals surface area contributed by atoms with Crippen LogP contribution in [0.2, 0.25) is 0 Å². The van der Waals surface area contributed by atoms with Gasteiger partial charge >= 0.3 is 0 Å². The Bertz CT molecular complexity index is 128. The van der Waals surface area contributed by atoms with Gasteiger partial charge in [0, 0.05) is 0 Å². The van der Waals surface area contributed by atoms with Crippen molar-refractivity contribution in [2.75, 3.05) is 0 Å². The first kappa shape index (κ1) is 8.05. The van der Waals surface area contributed by atoms with E-state index in [0.29, 0.717) is 0 Å². The minimum absolute atomic E-state index is 1.05. The van der Waals surface area contributed by atoms with Crippen molar-refractivity contribution in [1.29, 1.82) is 0 Å². The second kappa shape index (κ2) is 3.05. The van der Waals surface area contributed by atoms with Crippen LogP contribution in [0.3, 0.4) is 0 Å². The van der Waals surface area contributed by atoms with Crippen LogP contribution in [0.15, 0.2) is 0 Å². The fourth-order valence-corrected chi connectivity index (χ4v) is 4.83. The van der Waals surface area contributed by atoms with Gasteiger partial charge in [-0.3, -0.25) is 0 Å². The van der Waals surface area contributed by atoms with Crippen LogP contribution in [0.1, 0.15) is 39.5 Å². The summed E-state index contributed by atoms with van der Waals surface area (Å²) in [5, 5.41) is 0. The molecule has 64 valence electrons. The lowest BCUT2D eigenvalue weighted by molar-refractivity contribution is 0.330. The molecule has 0 aromatic heterocycles. The Hall–Kier alpha value is 0.430. The van der Waals surface area contributed by atoms with Crippen LogP contribution in [-0.2, 0) is 0 Å². The van der Waals surface area contributed by atoms with Gasteiger partial charge in [0.05, 0.1) is 0 Å². The number of hydrogen-bond acceptors (Lipinski definition) is 0. The minimum Gasteiger partial charge on any atom is -0.115 e. The Morgan fingerprint density at radius 3 is 1.73 bits per heavy atom. The van der Waals surface area contributed by atoms with E-state index in [2.05, 4.69) is 13.8 Å². The van der Waals surface area contributed by atoms with E-state index in [1.807, 2.05) is 0 Å². The number of rotatable bonds is 0. The van der Waals surface area contributed by atoms with E-state index in [-0.39, 0.29) is 0 Å². The molecule has 2 rings (SSSR count). The molecular formula is C10H19P. The van der Waals surface area contributed by atoms with E-state index < -0.39 is 0 Å². The third kappa shape index (κ3) is 1.47. The average molecular weight is 170 g/mol. The molecule has 2 fully saturated rings. The molecule has 2 aliphatic rings. The van der Waals surface area contributed by atoms with Gasteiger partial charge in [0.1, 0.15) is 0 Å². The standard InChI is InChI=1S/C10H19P/c1-7-3-5-10-8(2)4-6-9(7)11-10/h7-11H,3-6H2,1-2H3/t7-,8-,9+,10+/m0/s1. The van der Waals surface area contributed by atoms with Crippen LogP contribution < -0.4 is 0 Å². The van der Waals surface area contributed by atoms with Gasteiger partial charge in [0.15, 0.2) is 0 Å². The second-order valence-electron chi connectivity index (χ2n) is 4.49. The van der Waals surface area contributed by atoms with Crippen LogP contribution in [0.4, 0.5) is 0 Å². The predicted octanol–water partition coefficient (Wildman–Crippen LogP) is 3.26. The van der Waals surface area contributed by atoms with E-state index in [1.54, 1.807) is 0 Å². The lowest BCUT2D eigenvalue weighted by Gasteiger charge is -2.42. The fraction of sp³-hybridized carbons (Fsp3) is 1.00. The lowest BCUT2D eigenvalue weighted by Crippen LogP contribution is -2.32. The molecule has 11 heavy (non-hydrogen) atoms. The van der Waals surface area contributed by atoms with E-state index >= 15 is 0 Å². The maximum atomic E-state index is 2.46. The fourth-order valence-electron chi connectivity index (χ4n) is 2.63. The highest BCUT2D eigenvalue weighted by atomic mass is 31.1. The van der Waals surface area contributed by atoms with Gasteiger partial charge in [-0.15, -0.1) is 8.58 Å². The zero-order chi connectivity index (χ0) is 7.84. The molecule has 4 atom stereocenters. The van der Waals surface area contributed by atoms with Crippen molar-refractivity contribution in [3.05, 3.63) is 0 Å². The Labute approximate surface area is 71.9 Å². The molecular weight excluding hydrogens is 151 g/mol. The quantitative estimate of drug-likeness (QED) is 0.489. The van der Waals surface area contributed by atoms with E-state index in [0.717, 1.165) is 23.2 Å². The molecule has 2 saturated heterocycles. The molecule has 0 spiro atoms. The Morgan fingerprint density at radius 2 is 1.27 bits per heavy atom. The van der Waals surface area contributed by atoms with E-state index in [4.69, 9.17) is 0 Å². The summed E-state index contributed by atoms with van der Waals surface area (Å²) in [6.07, 6.45) is 6.12. The average Bonchev–Trinajstić information content (AvgIpc) is 2.02. The monoisotopic (exact) mass is 170 g/mol. The molecule has 0 aliphatic carbocycles. The molecule has 0 amide bonds. The molecule has 2 bridgehead atoms. The highest BCUT2D eigenvalue weighted by Crippen LogP contribution is 2.50. The summed E-state index contributed by atoms with van der Waals surface area (Å²) < 4.78 is 0. The van der Waals surface area contributed by atoms with Crippen molar-refractivity contribution in [2.24, 2.45) is 11.8 Å². The molecule has 0 unspecified atom stereocenters. The molecule has 0 saturated carbocycles. The summed E-state index contributed by atoms with van der Waals surface area (Å²) in [4.78, 5) is 0. The Kier molecular flexibility index (Phi) is 2.23. The largest absolute Gasteiger partial charge is 0.115 e. The van der Waals surface area contributed by atoms with Gasteiger partial charge in [-0.25, -0.2) is 0 Å². The third-order valence-electron chi connectivity index (χ3n) is 3.67. The van der Waals surface area contributed by atoms with Crippen LogP contribution in [0, 0.1) is 11.8 Å². The molecule has 2 heterocycles. The molecule has 0 nitrogen and oxygen atoms in total. The highest BCUT2D eigenvalue weighted by molar-refractivity contribution is 7.40. The summed E-state index contributed by atoms with van der Waals surface area (Å²) in [5.41, 5.74) is 2.26. The summed E-state index contributed by atoms with van der Waals surface area (Å²) in [6, 6.07) is 0. The maximum Gasteiger partial charge on any atom is -0.0208 e. The third-order valence-corrected chi connectivity index (χ3v) is 6.24. The number of fused-ring (bicyclic) bond motifs is 2. The summed E-state index contributed by atoms with van der Waals surface area (Å²) in [6.45, 7) is 4.92. The summed E-state index contributed by atoms with van der Waals surface area (Å²) in [7, 11) is 1.31. The Morgan fingerprint density at radius 1 is 0.818 bits per heavy atom. The van der Waals surface area contributed by atoms with Crippen molar-refractivity contribution >= 4 is 8.58 Å². The Balaban J connectivity index is 2.02. The highest BCUT2D eigenvalue weighted by Gasteiger charge is 2.34. The SMILES string of the molecule is C[C@H]1CC[C@H]2P[C@@H]1CC[C@@H]2C. The maximum absolute atomic E-state index is 2.46. The van der Waals surface area contributed by atoms with Crippen molar-refractivity contribution in [3.8, 4) is 0 Å². The zero-order valence-electron chi connectivity index (χ0n) is 7.64. The first-order chi connectivity index (χ1) is 5.27. The molecule has 0 radical (unpaired) electrons. The van der Waals surface area contributed by atoms with E-state index in [1.165, 1.54) is 34.3 Å². The summed E-state index contributed by atoms with van der Waals surface area (Å²) >= 11 is 0. The van der Waals surface area contributed by atoms with Crippen LogP contribution in [0.5, 0.6) is 0 Å². The normalized spacial score (nSPS) is 52.9. The second-order valence-corrected chi connectivity index (χ2v) is 6.31.